The van der Waals surface area contributed by atoms with Gasteiger partial charge in [0.2, 0.25) is 0 Å². The minimum Gasteiger partial charge on any atom is -0.254 e. The van der Waals surface area contributed by atoms with E-state index in [1.54, 1.807) is 145 Å². The van der Waals surface area contributed by atoms with Crippen LogP contribution < -0.4 is 26.0 Å². The Kier molecular flexibility index (Phi) is 19.9. The number of pyridine rings is 6. The van der Waals surface area contributed by atoms with Crippen LogP contribution in [0, 0.1) is 0 Å². The minimum absolute atomic E-state index is 0. The number of aromatic nitrogens is 10. The molecule has 4 N–H and O–H groups in total. The Bertz CT molecular complexity index is 4810. The second-order valence-corrected chi connectivity index (χ2v) is 24.7. The number of amides is 4. The van der Waals surface area contributed by atoms with E-state index < -0.39 is 27.4 Å². The summed E-state index contributed by atoms with van der Waals surface area (Å²) in [5, 5.41) is 17.7. The van der Waals surface area contributed by atoms with Crippen LogP contribution in [0.1, 0.15) is 42.0 Å². The molecular formula is C62H52F12N14O5P2Ru. The molecule has 4 amide bonds. The van der Waals surface area contributed by atoms with Crippen molar-refractivity contribution in [3.63, 3.8) is 0 Å². The Morgan fingerprint density at radius 1 is 0.385 bits per heavy atom. The number of hydrogen-bond acceptors (Lipinski definition) is 11. The van der Waals surface area contributed by atoms with Gasteiger partial charge in [0.15, 0.2) is 0 Å². The van der Waals surface area contributed by atoms with Crippen molar-refractivity contribution in [3.8, 4) is 5.75 Å². The Hall–Kier alpha value is -10.4. The summed E-state index contributed by atoms with van der Waals surface area (Å²) < 4.78 is 131. The first-order chi connectivity index (χ1) is 44.3. The van der Waals surface area contributed by atoms with Crippen LogP contribution in [0.4, 0.5) is 67.4 Å². The molecule has 10 heterocycles. The number of anilines is 3. The number of nitrogens with one attached hydrogen (secondary N) is 4. The second-order valence-electron chi connectivity index (χ2n) is 20.8. The summed E-state index contributed by atoms with van der Waals surface area (Å²) in [7, 11) is -14.5. The molecule has 0 spiro atoms. The van der Waals surface area contributed by atoms with Crippen LogP contribution in [0.3, 0.4) is 0 Å². The van der Waals surface area contributed by atoms with Crippen LogP contribution in [-0.2, 0) is 47.7 Å². The maximum absolute atomic E-state index is 13.3. The molecule has 0 aliphatic heterocycles. The van der Waals surface area contributed by atoms with Gasteiger partial charge in [-0.15, -0.1) is 0 Å². The quantitative estimate of drug-likeness (QED) is 0.0313. The molecule has 0 aliphatic rings. The standard InChI is InChI=1S/C38H36N10O5.2C12H8N2.2F6P.Ru/c1-45-15-6-8-28(45)36(50)42-25-18-30(47(3)21-25)38(52)44-26-19-31(48(4)22-26)37(51)43-24-17-29(46(2)20-24)35(49)41-14-16-53-32-11-13-40-34-27(32)10-9-23-7-5-12-39-33(23)34;2*1-3-9-5-6-10-4-2-8-14-12(10)11(9)13-7-1;2*1-7(2,3,4,5)6;/h5-13,15,17-22H,14,16H2,1-4H3,(H,41,49)(H,42,50)(H,43,51)(H,44,52);2*1-8H;;;/q;;;2*-1;+2. The van der Waals surface area contributed by atoms with E-state index in [-0.39, 0.29) is 50.1 Å². The fraction of sp³-hybridized carbons (Fsp3) is 0.0968. The van der Waals surface area contributed by atoms with E-state index in [2.05, 4.69) is 99.7 Å². The van der Waals surface area contributed by atoms with Crippen LogP contribution >= 0.6 is 15.6 Å². The molecular weight excluding hydrogens is 1410 g/mol. The van der Waals surface area contributed by atoms with Gasteiger partial charge in [-0.2, -0.15) is 0 Å². The number of hydrogen-bond donors (Lipinski definition) is 4. The summed E-state index contributed by atoms with van der Waals surface area (Å²) in [5.41, 5.74) is 8.14. The van der Waals surface area contributed by atoms with E-state index in [0.29, 0.717) is 39.9 Å². The SMILES string of the molecule is Cn1cc(NC(=O)c2cc(NC(=O)c3cc(NC(=O)c4cccn4C)cn3C)cn2C)cc1C(=O)NCCOc1ccnc2c1ccc1cccnc12.F[P-](F)(F)(F)(F)F.F[P-](F)(F)(F)(F)F.[Ru+2].c1cnc2c(c1)ccc1cccnc12.c1cnc2c(c1)ccc1cccnc12. The average Bonchev–Trinajstić information content (AvgIpc) is 1.25. The zero-order valence-electron chi connectivity index (χ0n) is 50.2. The van der Waals surface area contributed by atoms with Crippen LogP contribution in [0.5, 0.6) is 5.75 Å². The Morgan fingerprint density at radius 3 is 1.04 bits per heavy atom. The van der Waals surface area contributed by atoms with Crippen LogP contribution in [0.25, 0.3) is 65.4 Å². The zero-order valence-corrected chi connectivity index (χ0v) is 53.7. The first-order valence-electron chi connectivity index (χ1n) is 27.7. The van der Waals surface area contributed by atoms with E-state index in [9.17, 15) is 69.5 Å². The van der Waals surface area contributed by atoms with Crippen molar-refractivity contribution < 1.29 is 93.8 Å². The fourth-order valence-electron chi connectivity index (χ4n) is 9.49. The third-order valence-corrected chi connectivity index (χ3v) is 13.4. The molecule has 0 fully saturated rings. The smallest absolute Gasteiger partial charge is 0.254 e. The van der Waals surface area contributed by atoms with Gasteiger partial charge in [0, 0.05) is 122 Å². The van der Waals surface area contributed by atoms with Gasteiger partial charge in [-0.25, -0.2) is 0 Å². The molecule has 0 aliphatic carbocycles. The number of rotatable bonds is 11. The fourth-order valence-corrected chi connectivity index (χ4v) is 9.49. The van der Waals surface area contributed by atoms with Crippen molar-refractivity contribution in [1.82, 2.24) is 53.5 Å². The van der Waals surface area contributed by atoms with Crippen molar-refractivity contribution in [2.75, 3.05) is 29.1 Å². The number of carbonyl (C=O) groups is 4. The molecule has 0 radical (unpaired) electrons. The number of aryl methyl sites for hydroxylation is 4. The topological polar surface area (TPSA) is 223 Å². The van der Waals surface area contributed by atoms with E-state index in [1.165, 1.54) is 0 Å². The maximum Gasteiger partial charge on any atom is 2.00 e. The third-order valence-electron chi connectivity index (χ3n) is 13.4. The first kappa shape index (κ1) is 71.4. The van der Waals surface area contributed by atoms with Crippen LogP contribution in [-0.4, -0.2) is 85.0 Å². The number of fused-ring (bicyclic) bond motifs is 9. The normalized spacial score (nSPS) is 12.7. The van der Waals surface area contributed by atoms with Gasteiger partial charge in [-0.1, -0.05) is 60.7 Å². The summed E-state index contributed by atoms with van der Waals surface area (Å²) >= 11 is 0. The number of ether oxygens (including phenoxy) is 1. The predicted octanol–water partition coefficient (Wildman–Crippen LogP) is 17.0. The minimum atomic E-state index is -10.7. The van der Waals surface area contributed by atoms with Gasteiger partial charge < -0.3 is 44.3 Å². The zero-order chi connectivity index (χ0) is 68.8. The van der Waals surface area contributed by atoms with Crippen molar-refractivity contribution >= 4 is 122 Å². The van der Waals surface area contributed by atoms with E-state index in [1.807, 2.05) is 48.5 Å². The summed E-state index contributed by atoms with van der Waals surface area (Å²) in [4.78, 5) is 78.4. The van der Waals surface area contributed by atoms with Crippen molar-refractivity contribution in [1.29, 1.82) is 0 Å². The van der Waals surface area contributed by atoms with Gasteiger partial charge in [0.1, 0.15) is 40.6 Å². The predicted molar refractivity (Wildman–Crippen MR) is 342 cm³/mol. The summed E-state index contributed by atoms with van der Waals surface area (Å²) in [6.45, 7) is 0.465. The molecule has 34 heteroatoms. The van der Waals surface area contributed by atoms with E-state index in [0.717, 1.165) is 65.4 Å². The Balaban J connectivity index is 0.000000217. The van der Waals surface area contributed by atoms with Gasteiger partial charge in [0.25, 0.3) is 23.6 Å². The summed E-state index contributed by atoms with van der Waals surface area (Å²) in [6, 6.07) is 42.0. The molecule has 0 saturated heterocycles. The number of carbonyl (C=O) groups excluding carboxylic acids is 4. The molecule has 0 atom stereocenters. The second kappa shape index (κ2) is 26.8. The number of nitrogens with zero attached hydrogens (tertiary/aromatic N) is 10. The number of benzene rings is 3. The number of halogens is 12. The molecule has 0 saturated carbocycles. The summed E-state index contributed by atoms with van der Waals surface area (Å²) in [5.74, 6) is -0.848. The van der Waals surface area contributed by atoms with Crippen molar-refractivity contribution in [2.45, 2.75) is 0 Å². The molecule has 0 unspecified atom stereocenters. The maximum atomic E-state index is 13.3. The molecule has 10 aromatic heterocycles. The Labute approximate surface area is 547 Å². The van der Waals surface area contributed by atoms with Crippen LogP contribution in [0.15, 0.2) is 195 Å². The summed E-state index contributed by atoms with van der Waals surface area (Å²) in [6.07, 6.45) is 17.3. The monoisotopic (exact) mass is 1460 g/mol. The van der Waals surface area contributed by atoms with E-state index >= 15 is 0 Å². The van der Waals surface area contributed by atoms with Crippen LogP contribution in [0.2, 0.25) is 0 Å². The third kappa shape index (κ3) is 20.5. The van der Waals surface area contributed by atoms with Gasteiger partial charge in [-0.05, 0) is 72.8 Å². The molecule has 96 heavy (non-hydrogen) atoms. The van der Waals surface area contributed by atoms with Gasteiger partial charge in [0.05, 0.1) is 51.2 Å². The molecule has 0 bridgehead atoms. The van der Waals surface area contributed by atoms with Gasteiger partial charge in [-0.3, -0.25) is 49.1 Å². The largest absolute Gasteiger partial charge is 2.00 e. The first-order valence-corrected chi connectivity index (χ1v) is 31.8. The molecule has 13 aromatic rings. The van der Waals surface area contributed by atoms with E-state index in [4.69, 9.17) is 4.74 Å². The van der Waals surface area contributed by atoms with Crippen molar-refractivity contribution in [3.05, 3.63) is 218 Å². The molecule has 502 valence electrons. The van der Waals surface area contributed by atoms with Crippen molar-refractivity contribution in [2.24, 2.45) is 28.2 Å². The molecule has 19 nitrogen and oxygen atoms in total. The molecule has 3 aromatic carbocycles. The Morgan fingerprint density at radius 2 is 0.698 bits per heavy atom. The average molecular weight is 1460 g/mol. The molecule has 13 rings (SSSR count). The van der Waals surface area contributed by atoms with Gasteiger partial charge >= 0.3 is 85.5 Å².